The van der Waals surface area contributed by atoms with Gasteiger partial charge in [-0.1, -0.05) is 48.0 Å². The van der Waals surface area contributed by atoms with Crippen LogP contribution in [-0.2, 0) is 16.0 Å². The molecule has 0 spiro atoms. The average Bonchev–Trinajstić information content (AvgIpc) is 2.84. The molecule has 0 bridgehead atoms. The summed E-state index contributed by atoms with van der Waals surface area (Å²) in [7, 11) is 0. The van der Waals surface area contributed by atoms with Crippen molar-refractivity contribution in [2.75, 3.05) is 26.2 Å². The minimum atomic E-state index is -0.593. The number of piperidine rings is 1. The predicted molar refractivity (Wildman–Crippen MR) is 130 cm³/mol. The molecule has 1 aliphatic rings. The SMILES string of the molecule is CCN(CC)C(=O)[C@H](NC(=O)c1ccc(C)cc1)C1CCN(C(=O)Cc2ccccc2)CC1. The topological polar surface area (TPSA) is 69.7 Å². The van der Waals surface area contributed by atoms with Gasteiger partial charge in [-0.15, -0.1) is 0 Å². The molecule has 2 aromatic rings. The van der Waals surface area contributed by atoms with Crippen LogP contribution in [0.15, 0.2) is 54.6 Å². The lowest BCUT2D eigenvalue weighted by Gasteiger charge is -2.37. The third-order valence-electron chi connectivity index (χ3n) is 6.50. The van der Waals surface area contributed by atoms with Gasteiger partial charge in [0, 0.05) is 31.7 Å². The van der Waals surface area contributed by atoms with Gasteiger partial charge in [-0.25, -0.2) is 0 Å². The highest BCUT2D eigenvalue weighted by atomic mass is 16.2. The number of carbonyl (C=O) groups is 3. The number of aryl methyl sites for hydroxylation is 1. The van der Waals surface area contributed by atoms with E-state index in [1.807, 2.05) is 68.1 Å². The molecule has 2 aromatic carbocycles. The highest BCUT2D eigenvalue weighted by Gasteiger charge is 2.35. The first-order chi connectivity index (χ1) is 15.9. The smallest absolute Gasteiger partial charge is 0.251 e. The molecule has 3 amide bonds. The Morgan fingerprint density at radius 1 is 0.970 bits per heavy atom. The quantitative estimate of drug-likeness (QED) is 0.671. The Bertz CT molecular complexity index is 931. The normalized spacial score (nSPS) is 15.1. The monoisotopic (exact) mass is 449 g/mol. The van der Waals surface area contributed by atoms with Crippen LogP contribution in [0.1, 0.15) is 48.2 Å². The van der Waals surface area contributed by atoms with Gasteiger partial charge in [-0.3, -0.25) is 14.4 Å². The van der Waals surface area contributed by atoms with Gasteiger partial charge in [0.05, 0.1) is 6.42 Å². The first-order valence-corrected chi connectivity index (χ1v) is 11.9. The number of hydrogen-bond donors (Lipinski definition) is 1. The molecule has 33 heavy (non-hydrogen) atoms. The molecule has 1 saturated heterocycles. The first-order valence-electron chi connectivity index (χ1n) is 11.9. The number of nitrogens with one attached hydrogen (secondary N) is 1. The highest BCUT2D eigenvalue weighted by molar-refractivity contribution is 5.97. The lowest BCUT2D eigenvalue weighted by Crippen LogP contribution is -2.54. The molecular formula is C27H35N3O3. The second-order valence-electron chi connectivity index (χ2n) is 8.71. The molecule has 0 aliphatic carbocycles. The lowest BCUT2D eigenvalue weighted by molar-refractivity contribution is -0.135. The van der Waals surface area contributed by atoms with Crippen molar-refractivity contribution in [2.24, 2.45) is 5.92 Å². The summed E-state index contributed by atoms with van der Waals surface area (Å²) in [5, 5.41) is 3.02. The molecular weight excluding hydrogens is 414 g/mol. The van der Waals surface area contributed by atoms with Crippen LogP contribution in [0.4, 0.5) is 0 Å². The summed E-state index contributed by atoms with van der Waals surface area (Å²) in [6.45, 7) is 8.26. The van der Waals surface area contributed by atoms with Gasteiger partial charge in [0.15, 0.2) is 0 Å². The van der Waals surface area contributed by atoms with Gasteiger partial charge in [-0.2, -0.15) is 0 Å². The maximum Gasteiger partial charge on any atom is 0.251 e. The number of nitrogens with zero attached hydrogens (tertiary/aromatic N) is 2. The summed E-state index contributed by atoms with van der Waals surface area (Å²) >= 11 is 0. The van der Waals surface area contributed by atoms with Crippen molar-refractivity contribution >= 4 is 17.7 Å². The Labute approximate surface area is 197 Å². The Kier molecular flexibility index (Phi) is 8.64. The second kappa shape index (κ2) is 11.6. The van der Waals surface area contributed by atoms with Crippen molar-refractivity contribution in [3.63, 3.8) is 0 Å². The van der Waals surface area contributed by atoms with Crippen molar-refractivity contribution in [1.29, 1.82) is 0 Å². The molecule has 0 unspecified atom stereocenters. The predicted octanol–water partition coefficient (Wildman–Crippen LogP) is 3.44. The van der Waals surface area contributed by atoms with Gasteiger partial charge in [0.1, 0.15) is 6.04 Å². The molecule has 1 atom stereocenters. The Hall–Kier alpha value is -3.15. The summed E-state index contributed by atoms with van der Waals surface area (Å²) in [6, 6.07) is 16.5. The van der Waals surface area contributed by atoms with Crippen LogP contribution in [0, 0.1) is 12.8 Å². The van der Waals surface area contributed by atoms with E-state index in [1.54, 1.807) is 17.0 Å². The Morgan fingerprint density at radius 3 is 2.15 bits per heavy atom. The lowest BCUT2D eigenvalue weighted by atomic mass is 9.87. The van der Waals surface area contributed by atoms with Gasteiger partial charge in [0.2, 0.25) is 11.8 Å². The van der Waals surface area contributed by atoms with Gasteiger partial charge in [0.25, 0.3) is 5.91 Å². The summed E-state index contributed by atoms with van der Waals surface area (Å²) in [4.78, 5) is 42.7. The van der Waals surface area contributed by atoms with Gasteiger partial charge >= 0.3 is 0 Å². The van der Waals surface area contributed by atoms with E-state index >= 15 is 0 Å². The molecule has 0 aromatic heterocycles. The van der Waals surface area contributed by atoms with Crippen molar-refractivity contribution in [3.8, 4) is 0 Å². The summed E-state index contributed by atoms with van der Waals surface area (Å²) in [5.41, 5.74) is 2.63. The van der Waals surface area contributed by atoms with Gasteiger partial charge < -0.3 is 15.1 Å². The van der Waals surface area contributed by atoms with E-state index in [-0.39, 0.29) is 23.6 Å². The molecule has 3 rings (SSSR count). The van der Waals surface area contributed by atoms with Crippen LogP contribution in [0.3, 0.4) is 0 Å². The summed E-state index contributed by atoms with van der Waals surface area (Å²) < 4.78 is 0. The van der Waals surface area contributed by atoms with E-state index in [9.17, 15) is 14.4 Å². The molecule has 1 N–H and O–H groups in total. The molecule has 1 aliphatic heterocycles. The van der Waals surface area contributed by atoms with Crippen LogP contribution < -0.4 is 5.32 Å². The molecule has 1 fully saturated rings. The van der Waals surface area contributed by atoms with E-state index in [0.717, 1.165) is 11.1 Å². The third kappa shape index (κ3) is 6.44. The number of likely N-dealkylation sites (N-methyl/N-ethyl adjacent to an activating group) is 1. The zero-order valence-electron chi connectivity index (χ0n) is 19.9. The first kappa shape index (κ1) is 24.5. The molecule has 6 nitrogen and oxygen atoms in total. The second-order valence-corrected chi connectivity index (χ2v) is 8.71. The number of likely N-dealkylation sites (tertiary alicyclic amines) is 1. The number of amides is 3. The highest BCUT2D eigenvalue weighted by Crippen LogP contribution is 2.23. The molecule has 176 valence electrons. The minimum Gasteiger partial charge on any atom is -0.342 e. The molecule has 0 radical (unpaired) electrons. The fourth-order valence-corrected chi connectivity index (χ4v) is 4.41. The number of benzene rings is 2. The minimum absolute atomic E-state index is 0.00623. The van der Waals surface area contributed by atoms with Crippen molar-refractivity contribution in [2.45, 2.75) is 46.1 Å². The van der Waals surface area contributed by atoms with Crippen molar-refractivity contribution < 1.29 is 14.4 Å². The molecule has 6 heteroatoms. The number of carbonyl (C=O) groups excluding carboxylic acids is 3. The van der Waals surface area contributed by atoms with E-state index in [0.29, 0.717) is 51.0 Å². The van der Waals surface area contributed by atoms with E-state index in [4.69, 9.17) is 0 Å². The van der Waals surface area contributed by atoms with Crippen LogP contribution >= 0.6 is 0 Å². The number of hydrogen-bond acceptors (Lipinski definition) is 3. The fraction of sp³-hybridized carbons (Fsp3) is 0.444. The zero-order valence-corrected chi connectivity index (χ0v) is 19.9. The van der Waals surface area contributed by atoms with Crippen molar-refractivity contribution in [1.82, 2.24) is 15.1 Å². The Morgan fingerprint density at radius 2 is 1.58 bits per heavy atom. The molecule has 0 saturated carbocycles. The maximum atomic E-state index is 13.3. The van der Waals surface area contributed by atoms with Crippen molar-refractivity contribution in [3.05, 3.63) is 71.3 Å². The van der Waals surface area contributed by atoms with Crippen LogP contribution in [-0.4, -0.2) is 59.7 Å². The third-order valence-corrected chi connectivity index (χ3v) is 6.50. The van der Waals surface area contributed by atoms with E-state index in [1.165, 1.54) is 0 Å². The number of rotatable bonds is 8. The largest absolute Gasteiger partial charge is 0.342 e. The summed E-state index contributed by atoms with van der Waals surface area (Å²) in [6.07, 6.45) is 1.76. The Balaban J connectivity index is 1.67. The van der Waals surface area contributed by atoms with Crippen LogP contribution in [0.25, 0.3) is 0 Å². The van der Waals surface area contributed by atoms with E-state index < -0.39 is 6.04 Å². The fourth-order valence-electron chi connectivity index (χ4n) is 4.41. The van der Waals surface area contributed by atoms with Crippen LogP contribution in [0.5, 0.6) is 0 Å². The van der Waals surface area contributed by atoms with Gasteiger partial charge in [-0.05, 0) is 57.2 Å². The van der Waals surface area contributed by atoms with E-state index in [2.05, 4.69) is 5.32 Å². The summed E-state index contributed by atoms with van der Waals surface area (Å²) in [5.74, 6) is -0.180. The average molecular weight is 450 g/mol. The van der Waals surface area contributed by atoms with Crippen LogP contribution in [0.2, 0.25) is 0 Å². The zero-order chi connectivity index (χ0) is 23.8. The standard InChI is InChI=1S/C27H35N3O3/c1-4-29(5-2)27(33)25(28-26(32)23-13-11-20(3)12-14-23)22-15-17-30(18-16-22)24(31)19-21-9-7-6-8-10-21/h6-14,22,25H,4-5,15-19H2,1-3H3,(H,28,32)/t25-/m1/s1. The molecule has 1 heterocycles. The maximum absolute atomic E-state index is 13.3.